The van der Waals surface area contributed by atoms with Crippen LogP contribution in [0.2, 0.25) is 10.0 Å². The normalized spacial score (nSPS) is 18.5. The van der Waals surface area contributed by atoms with Gasteiger partial charge in [-0.3, -0.25) is 14.4 Å². The van der Waals surface area contributed by atoms with Crippen molar-refractivity contribution >= 4 is 45.5 Å². The third kappa shape index (κ3) is 2.30. The maximum Gasteiger partial charge on any atom is 0.277 e. The molecule has 0 saturated carbocycles. The maximum absolute atomic E-state index is 13.4. The van der Waals surface area contributed by atoms with Gasteiger partial charge in [0.15, 0.2) is 5.78 Å². The summed E-state index contributed by atoms with van der Waals surface area (Å²) in [4.78, 5) is 39.5. The van der Waals surface area contributed by atoms with Gasteiger partial charge in [-0.15, -0.1) is 0 Å². The quantitative estimate of drug-likeness (QED) is 0.605. The van der Waals surface area contributed by atoms with Crippen LogP contribution in [0.15, 0.2) is 57.6 Å². The first-order chi connectivity index (χ1) is 13.5. The molecule has 0 fully saturated rings. The van der Waals surface area contributed by atoms with Crippen LogP contribution in [0.25, 0.3) is 16.5 Å². The van der Waals surface area contributed by atoms with Gasteiger partial charge < -0.3 is 0 Å². The molecule has 28 heavy (non-hydrogen) atoms. The lowest BCUT2D eigenvalue weighted by molar-refractivity contribution is -0.116. The third-order valence-electron chi connectivity index (χ3n) is 5.46. The van der Waals surface area contributed by atoms with E-state index in [1.807, 2.05) is 0 Å². The van der Waals surface area contributed by atoms with Gasteiger partial charge in [0.05, 0.1) is 16.5 Å². The number of allylic oxidation sites excluding steroid dienone is 2. The smallest absolute Gasteiger partial charge is 0.277 e. The second kappa shape index (κ2) is 6.19. The van der Waals surface area contributed by atoms with Crippen molar-refractivity contribution in [2.75, 3.05) is 0 Å². The van der Waals surface area contributed by atoms with Crippen LogP contribution in [-0.2, 0) is 4.79 Å². The summed E-state index contributed by atoms with van der Waals surface area (Å²) < 4.78 is 2.76. The van der Waals surface area contributed by atoms with Crippen molar-refractivity contribution in [3.05, 3.63) is 84.4 Å². The fourth-order valence-electron chi connectivity index (χ4n) is 4.28. The molecule has 1 aliphatic heterocycles. The van der Waals surface area contributed by atoms with Crippen LogP contribution >= 0.6 is 23.2 Å². The first-order valence-electron chi connectivity index (χ1n) is 8.97. The van der Waals surface area contributed by atoms with E-state index >= 15 is 0 Å². The highest BCUT2D eigenvalue weighted by molar-refractivity contribution is 6.35. The summed E-state index contributed by atoms with van der Waals surface area (Å²) in [5.41, 5.74) is 1.03. The summed E-state index contributed by atoms with van der Waals surface area (Å²) in [6.45, 7) is 0. The number of benzene rings is 2. The Labute approximate surface area is 169 Å². The molecule has 1 unspecified atom stereocenters. The Morgan fingerprint density at radius 3 is 2.32 bits per heavy atom. The number of hydrogen-bond acceptors (Lipinski definition) is 3. The zero-order chi connectivity index (χ0) is 19.6. The molecule has 1 atom stereocenters. The van der Waals surface area contributed by atoms with Crippen LogP contribution in [0, 0.1) is 0 Å². The molecule has 3 aromatic rings. The minimum Gasteiger partial charge on any atom is -0.294 e. The molecule has 1 aromatic heterocycles. The highest BCUT2D eigenvalue weighted by atomic mass is 35.5. The van der Waals surface area contributed by atoms with Gasteiger partial charge in [-0.1, -0.05) is 41.4 Å². The molecule has 5 nitrogen and oxygen atoms in total. The topological polar surface area (TPSA) is 61.1 Å². The summed E-state index contributed by atoms with van der Waals surface area (Å²) in [6, 6.07) is 10.9. The van der Waals surface area contributed by atoms with Crippen molar-refractivity contribution in [1.82, 2.24) is 9.36 Å². The van der Waals surface area contributed by atoms with Crippen LogP contribution in [0.3, 0.4) is 0 Å². The molecule has 0 N–H and O–H groups in total. The van der Waals surface area contributed by atoms with Crippen molar-refractivity contribution < 1.29 is 4.79 Å². The fraction of sp³-hybridized carbons (Fsp3) is 0.190. The maximum atomic E-state index is 13.4. The van der Waals surface area contributed by atoms with Gasteiger partial charge in [0, 0.05) is 27.6 Å². The number of ketones is 1. The summed E-state index contributed by atoms with van der Waals surface area (Å²) in [5.74, 6) is -0.0590. The number of aromatic nitrogens is 2. The minimum absolute atomic E-state index is 0.0590. The second-order valence-electron chi connectivity index (χ2n) is 7.02. The number of hydrogen-bond donors (Lipinski definition) is 0. The average molecular weight is 413 g/mol. The molecule has 2 aliphatic rings. The number of Topliss-reactive ketones (excluding diaryl/α,β-unsaturated/α-hetero) is 1. The van der Waals surface area contributed by atoms with Crippen molar-refractivity contribution in [2.24, 2.45) is 0 Å². The molecule has 5 rings (SSSR count). The first-order valence-corrected chi connectivity index (χ1v) is 9.73. The Bertz CT molecular complexity index is 1330. The minimum atomic E-state index is -0.739. The van der Waals surface area contributed by atoms with E-state index in [0.717, 1.165) is 0 Å². The Kier molecular flexibility index (Phi) is 3.86. The first kappa shape index (κ1) is 17.5. The number of fused-ring (bicyclic) bond motifs is 3. The number of carbonyl (C=O) groups excluding carboxylic acids is 1. The molecule has 2 aromatic carbocycles. The van der Waals surface area contributed by atoms with E-state index in [4.69, 9.17) is 23.2 Å². The van der Waals surface area contributed by atoms with Crippen molar-refractivity contribution in [3.8, 4) is 0 Å². The van der Waals surface area contributed by atoms with E-state index in [1.54, 1.807) is 42.5 Å². The number of carbonyl (C=O) groups is 1. The highest BCUT2D eigenvalue weighted by Gasteiger charge is 2.40. The Morgan fingerprint density at radius 2 is 1.61 bits per heavy atom. The van der Waals surface area contributed by atoms with Gasteiger partial charge in [0.1, 0.15) is 6.04 Å². The summed E-state index contributed by atoms with van der Waals surface area (Å²) >= 11 is 12.5. The zero-order valence-electron chi connectivity index (χ0n) is 14.6. The Morgan fingerprint density at radius 1 is 0.893 bits per heavy atom. The van der Waals surface area contributed by atoms with E-state index in [1.165, 1.54) is 9.36 Å². The SMILES string of the molecule is O=C1CCCC2=C1C(c1ccc(Cl)cc1Cl)n1c(=O)c3ccccc3c(=O)n12. The van der Waals surface area contributed by atoms with Gasteiger partial charge in [-0.05, 0) is 37.1 Å². The number of rotatable bonds is 1. The van der Waals surface area contributed by atoms with E-state index in [0.29, 0.717) is 56.9 Å². The molecule has 1 aliphatic carbocycles. The predicted octanol–water partition coefficient (Wildman–Crippen LogP) is 4.04. The molecule has 140 valence electrons. The van der Waals surface area contributed by atoms with Crippen LogP contribution in [-0.4, -0.2) is 15.1 Å². The van der Waals surface area contributed by atoms with Crippen molar-refractivity contribution in [3.63, 3.8) is 0 Å². The fourth-order valence-corrected chi connectivity index (χ4v) is 4.79. The molecular weight excluding hydrogens is 399 g/mol. The Balaban J connectivity index is 1.94. The monoisotopic (exact) mass is 412 g/mol. The second-order valence-corrected chi connectivity index (χ2v) is 7.86. The van der Waals surface area contributed by atoms with E-state index in [-0.39, 0.29) is 16.9 Å². The van der Waals surface area contributed by atoms with Crippen LogP contribution in [0.1, 0.15) is 30.9 Å². The van der Waals surface area contributed by atoms with Gasteiger partial charge in [0.25, 0.3) is 11.1 Å². The molecule has 0 radical (unpaired) electrons. The lowest BCUT2D eigenvalue weighted by Gasteiger charge is -2.20. The summed E-state index contributed by atoms with van der Waals surface area (Å²) in [5, 5.41) is 1.48. The van der Waals surface area contributed by atoms with Crippen molar-refractivity contribution in [1.29, 1.82) is 0 Å². The van der Waals surface area contributed by atoms with Gasteiger partial charge in [0.2, 0.25) is 0 Å². The summed E-state index contributed by atoms with van der Waals surface area (Å²) in [6.07, 6.45) is 1.59. The average Bonchev–Trinajstić information content (AvgIpc) is 3.03. The van der Waals surface area contributed by atoms with E-state index < -0.39 is 6.04 Å². The third-order valence-corrected chi connectivity index (χ3v) is 6.03. The van der Waals surface area contributed by atoms with Gasteiger partial charge in [-0.25, -0.2) is 9.36 Å². The van der Waals surface area contributed by atoms with Gasteiger partial charge in [-0.2, -0.15) is 0 Å². The lowest BCUT2D eigenvalue weighted by Crippen LogP contribution is -2.37. The van der Waals surface area contributed by atoms with E-state index in [2.05, 4.69) is 0 Å². The molecule has 0 bridgehead atoms. The number of halogens is 2. The molecule has 2 heterocycles. The molecule has 0 spiro atoms. The Hall–Kier alpha value is -2.63. The largest absolute Gasteiger partial charge is 0.294 e. The lowest BCUT2D eigenvalue weighted by atomic mass is 9.88. The van der Waals surface area contributed by atoms with Crippen LogP contribution in [0.5, 0.6) is 0 Å². The standard InChI is InChI=1S/C21H14Cl2N2O3/c22-11-8-9-14(15(23)10-11)19-18-16(6-3-7-17(18)26)24-20(27)12-4-1-2-5-13(12)21(28)25(19)24/h1-2,4-5,8-10,19H,3,6-7H2. The molecular formula is C21H14Cl2N2O3. The van der Waals surface area contributed by atoms with E-state index in [9.17, 15) is 14.4 Å². The van der Waals surface area contributed by atoms with Crippen LogP contribution in [0.4, 0.5) is 0 Å². The molecule has 0 saturated heterocycles. The predicted molar refractivity (Wildman–Crippen MR) is 109 cm³/mol. The number of nitrogens with zero attached hydrogens (tertiary/aromatic N) is 2. The molecule has 7 heteroatoms. The molecule has 0 amide bonds. The summed E-state index contributed by atoms with van der Waals surface area (Å²) in [7, 11) is 0. The highest BCUT2D eigenvalue weighted by Crippen LogP contribution is 2.43. The van der Waals surface area contributed by atoms with Gasteiger partial charge >= 0.3 is 0 Å². The van der Waals surface area contributed by atoms with Crippen molar-refractivity contribution in [2.45, 2.75) is 25.3 Å². The zero-order valence-corrected chi connectivity index (χ0v) is 16.1. The van der Waals surface area contributed by atoms with Crippen LogP contribution < -0.4 is 11.1 Å².